The van der Waals surface area contributed by atoms with E-state index in [1.54, 1.807) is 18.6 Å². The molecule has 0 saturated heterocycles. The van der Waals surface area contributed by atoms with E-state index >= 15 is 0 Å². The molecule has 0 unspecified atom stereocenters. The van der Waals surface area contributed by atoms with E-state index in [9.17, 15) is 4.79 Å². The van der Waals surface area contributed by atoms with Crippen LogP contribution in [0.4, 0.5) is 5.69 Å². The summed E-state index contributed by atoms with van der Waals surface area (Å²) in [5.41, 5.74) is 1.57. The zero-order valence-electron chi connectivity index (χ0n) is 14.0. The molecule has 0 aliphatic heterocycles. The van der Waals surface area contributed by atoms with Crippen molar-refractivity contribution in [3.63, 3.8) is 0 Å². The number of hydrogen-bond donors (Lipinski definition) is 1. The molecular formula is C20H13N5OS. The number of pyridine rings is 1. The minimum absolute atomic E-state index is 0.184. The van der Waals surface area contributed by atoms with Gasteiger partial charge in [0.2, 0.25) is 4.96 Å². The highest BCUT2D eigenvalue weighted by molar-refractivity contribution is 7.15. The average Bonchev–Trinajstić information content (AvgIpc) is 3.26. The highest BCUT2D eigenvalue weighted by atomic mass is 32.1. The number of hydrogen-bond acceptors (Lipinski definition) is 6. The van der Waals surface area contributed by atoms with Gasteiger partial charge in [-0.2, -0.15) is 9.50 Å². The summed E-state index contributed by atoms with van der Waals surface area (Å²) in [4.78, 5) is 21.6. The molecule has 130 valence electrons. The summed E-state index contributed by atoms with van der Waals surface area (Å²) < 4.78 is 1.90. The molecule has 3 heterocycles. The molecule has 5 rings (SSSR count). The first-order chi connectivity index (χ1) is 13.3. The topological polar surface area (TPSA) is 72.2 Å². The van der Waals surface area contributed by atoms with Crippen molar-refractivity contribution in [2.24, 2.45) is 0 Å². The van der Waals surface area contributed by atoms with Crippen molar-refractivity contribution in [2.75, 3.05) is 5.32 Å². The fourth-order valence-corrected chi connectivity index (χ4v) is 3.72. The number of fused-ring (bicyclic) bond motifs is 2. The van der Waals surface area contributed by atoms with Crippen LogP contribution in [0.3, 0.4) is 0 Å². The zero-order chi connectivity index (χ0) is 18.2. The second-order valence-electron chi connectivity index (χ2n) is 5.99. The summed E-state index contributed by atoms with van der Waals surface area (Å²) in [6, 6.07) is 17.9. The molecule has 3 aromatic heterocycles. The van der Waals surface area contributed by atoms with E-state index in [1.165, 1.54) is 21.2 Å². The van der Waals surface area contributed by atoms with Crippen LogP contribution in [0.5, 0.6) is 0 Å². The van der Waals surface area contributed by atoms with Crippen LogP contribution in [-0.4, -0.2) is 19.6 Å². The minimum atomic E-state index is -0.184. The summed E-state index contributed by atoms with van der Waals surface area (Å²) in [6.45, 7) is 0. The lowest BCUT2D eigenvalue weighted by atomic mass is 10.1. The molecule has 2 aromatic carbocycles. The maximum Gasteiger partial charge on any atom is 0.292 e. The highest BCUT2D eigenvalue weighted by Gasteiger charge is 2.11. The fraction of sp³-hybridized carbons (Fsp3) is 0. The van der Waals surface area contributed by atoms with Gasteiger partial charge < -0.3 is 5.32 Å². The molecular weight excluding hydrogens is 358 g/mol. The molecule has 5 aromatic rings. The molecule has 6 nitrogen and oxygen atoms in total. The highest BCUT2D eigenvalue weighted by Crippen LogP contribution is 2.19. The Bertz CT molecular complexity index is 1370. The second kappa shape index (κ2) is 6.30. The lowest BCUT2D eigenvalue weighted by Crippen LogP contribution is -2.24. The molecule has 7 heteroatoms. The van der Waals surface area contributed by atoms with Crippen LogP contribution in [0, 0.1) is 0 Å². The second-order valence-corrected chi connectivity index (χ2v) is 7.00. The normalized spacial score (nSPS) is 12.1. The third kappa shape index (κ3) is 2.84. The zero-order valence-corrected chi connectivity index (χ0v) is 14.9. The van der Waals surface area contributed by atoms with E-state index < -0.39 is 0 Å². The smallest absolute Gasteiger partial charge is 0.292 e. The Balaban J connectivity index is 1.50. The van der Waals surface area contributed by atoms with Gasteiger partial charge in [-0.3, -0.25) is 9.78 Å². The van der Waals surface area contributed by atoms with Crippen molar-refractivity contribution in [1.82, 2.24) is 19.6 Å². The Morgan fingerprint density at radius 2 is 1.81 bits per heavy atom. The summed E-state index contributed by atoms with van der Waals surface area (Å²) in [7, 11) is 0. The molecule has 0 aliphatic carbocycles. The van der Waals surface area contributed by atoms with Gasteiger partial charge in [0.25, 0.3) is 5.56 Å². The van der Waals surface area contributed by atoms with Gasteiger partial charge >= 0.3 is 0 Å². The number of benzene rings is 2. The van der Waals surface area contributed by atoms with Crippen LogP contribution in [0.2, 0.25) is 0 Å². The van der Waals surface area contributed by atoms with Crippen molar-refractivity contribution < 1.29 is 0 Å². The third-order valence-corrected chi connectivity index (χ3v) is 5.20. The van der Waals surface area contributed by atoms with E-state index in [4.69, 9.17) is 0 Å². The van der Waals surface area contributed by atoms with Gasteiger partial charge in [-0.1, -0.05) is 41.7 Å². The predicted molar refractivity (Wildman–Crippen MR) is 108 cm³/mol. The number of aromatic nitrogens is 4. The Morgan fingerprint density at radius 1 is 1.00 bits per heavy atom. The van der Waals surface area contributed by atoms with Gasteiger partial charge in [0, 0.05) is 29.8 Å². The summed E-state index contributed by atoms with van der Waals surface area (Å²) in [5.74, 6) is 0.523. The maximum absolute atomic E-state index is 12.6. The van der Waals surface area contributed by atoms with E-state index in [0.717, 1.165) is 16.6 Å². The first-order valence-electron chi connectivity index (χ1n) is 8.33. The molecule has 0 aliphatic rings. The molecule has 27 heavy (non-hydrogen) atoms. The van der Waals surface area contributed by atoms with E-state index in [2.05, 4.69) is 38.6 Å². The standard InChI is InChI=1S/C20H13N5OS/c26-19-17(12-22-16-6-5-13-3-1-2-4-15(13)11-16)27-20-23-18(24-25(19)20)14-7-9-21-10-8-14/h1-12,22H/b17-12-. The molecule has 0 spiro atoms. The molecule has 0 atom stereocenters. The van der Waals surface area contributed by atoms with Crippen LogP contribution >= 0.6 is 11.3 Å². The van der Waals surface area contributed by atoms with Gasteiger partial charge in [0.05, 0.1) is 0 Å². The largest absolute Gasteiger partial charge is 0.360 e. The van der Waals surface area contributed by atoms with Gasteiger partial charge in [0.15, 0.2) is 5.82 Å². The molecule has 0 amide bonds. The maximum atomic E-state index is 12.6. The van der Waals surface area contributed by atoms with Gasteiger partial charge in [-0.15, -0.1) is 5.10 Å². The lowest BCUT2D eigenvalue weighted by Gasteiger charge is -2.02. The summed E-state index contributed by atoms with van der Waals surface area (Å²) in [6.07, 6.45) is 5.06. The van der Waals surface area contributed by atoms with E-state index in [-0.39, 0.29) is 5.56 Å². The van der Waals surface area contributed by atoms with Crippen LogP contribution in [0.1, 0.15) is 0 Å². The molecule has 0 fully saturated rings. The van der Waals surface area contributed by atoms with Gasteiger partial charge in [-0.25, -0.2) is 0 Å². The van der Waals surface area contributed by atoms with Gasteiger partial charge in [-0.05, 0) is 35.0 Å². The van der Waals surface area contributed by atoms with Gasteiger partial charge in [0.1, 0.15) is 4.53 Å². The number of anilines is 1. The number of nitrogens with one attached hydrogen (secondary N) is 1. The molecule has 0 radical (unpaired) electrons. The average molecular weight is 371 g/mol. The number of thiazole rings is 1. The quantitative estimate of drug-likeness (QED) is 0.528. The Labute approximate surface area is 157 Å². The van der Waals surface area contributed by atoms with Crippen molar-refractivity contribution in [2.45, 2.75) is 0 Å². The Morgan fingerprint density at radius 3 is 2.63 bits per heavy atom. The Kier molecular flexibility index (Phi) is 3.65. The van der Waals surface area contributed by atoms with Crippen LogP contribution in [0.15, 0.2) is 71.8 Å². The van der Waals surface area contributed by atoms with Crippen LogP contribution < -0.4 is 15.4 Å². The van der Waals surface area contributed by atoms with E-state index in [0.29, 0.717) is 15.3 Å². The first kappa shape index (κ1) is 15.7. The van der Waals surface area contributed by atoms with E-state index in [1.807, 2.05) is 36.4 Å². The molecule has 0 saturated carbocycles. The fourth-order valence-electron chi connectivity index (χ4n) is 2.88. The Hall–Kier alpha value is -3.58. The summed E-state index contributed by atoms with van der Waals surface area (Å²) in [5, 5.41) is 9.84. The third-order valence-electron chi connectivity index (χ3n) is 4.24. The summed E-state index contributed by atoms with van der Waals surface area (Å²) >= 11 is 1.31. The van der Waals surface area contributed by atoms with Crippen molar-refractivity contribution >= 4 is 39.0 Å². The SMILES string of the molecule is O=c1/c(=C/Nc2ccc3ccccc3c2)sc2nc(-c3ccncc3)nn12. The minimum Gasteiger partial charge on any atom is -0.360 e. The number of rotatable bonds is 3. The van der Waals surface area contributed by atoms with Crippen LogP contribution in [-0.2, 0) is 0 Å². The number of nitrogens with zero attached hydrogens (tertiary/aromatic N) is 4. The van der Waals surface area contributed by atoms with Crippen molar-refractivity contribution in [1.29, 1.82) is 0 Å². The molecule has 0 bridgehead atoms. The lowest BCUT2D eigenvalue weighted by molar-refractivity contribution is 0.936. The monoisotopic (exact) mass is 371 g/mol. The first-order valence-corrected chi connectivity index (χ1v) is 9.15. The molecule has 1 N–H and O–H groups in total. The van der Waals surface area contributed by atoms with Crippen LogP contribution in [0.25, 0.3) is 33.3 Å². The van der Waals surface area contributed by atoms with Crippen molar-refractivity contribution in [3.8, 4) is 11.4 Å². The van der Waals surface area contributed by atoms with Crippen molar-refractivity contribution in [3.05, 3.63) is 81.9 Å². The predicted octanol–water partition coefficient (Wildman–Crippen LogP) is 2.94.